The fourth-order valence-electron chi connectivity index (χ4n) is 2.66. The van der Waals surface area contributed by atoms with Crippen molar-refractivity contribution in [3.63, 3.8) is 0 Å². The molecule has 5 heteroatoms. The van der Waals surface area contributed by atoms with Gasteiger partial charge in [-0.25, -0.2) is 0 Å². The molecule has 21 heavy (non-hydrogen) atoms. The highest BCUT2D eigenvalue weighted by atomic mass is 16.5. The molecule has 0 unspecified atom stereocenters. The van der Waals surface area contributed by atoms with Gasteiger partial charge in [0.1, 0.15) is 0 Å². The maximum atomic E-state index is 9.16. The Labute approximate surface area is 124 Å². The molecule has 0 bridgehead atoms. The first kappa shape index (κ1) is 14.2. The second kappa shape index (κ2) is 6.37. The number of likely N-dealkylation sites (tertiary alicyclic amines) is 1. The molecule has 0 spiro atoms. The van der Waals surface area contributed by atoms with E-state index >= 15 is 0 Å². The number of benzene rings is 1. The molecule has 2 heterocycles. The molecular weight excluding hydrogens is 266 g/mol. The summed E-state index contributed by atoms with van der Waals surface area (Å²) >= 11 is 0. The molecule has 112 valence electrons. The topological polar surface area (TPSA) is 62.4 Å². The van der Waals surface area contributed by atoms with Crippen LogP contribution in [0.4, 0.5) is 0 Å². The van der Waals surface area contributed by atoms with Crippen molar-refractivity contribution in [2.45, 2.75) is 26.3 Å². The van der Waals surface area contributed by atoms with E-state index in [1.807, 2.05) is 24.3 Å². The van der Waals surface area contributed by atoms with Gasteiger partial charge in [-0.15, -0.1) is 0 Å². The molecule has 0 radical (unpaired) electrons. The van der Waals surface area contributed by atoms with Gasteiger partial charge >= 0.3 is 0 Å². The van der Waals surface area contributed by atoms with Crippen LogP contribution in [0, 0.1) is 12.8 Å². The van der Waals surface area contributed by atoms with Crippen LogP contribution in [0.1, 0.15) is 24.3 Å². The van der Waals surface area contributed by atoms with Crippen LogP contribution in [-0.4, -0.2) is 39.8 Å². The van der Waals surface area contributed by atoms with E-state index in [-0.39, 0.29) is 0 Å². The molecule has 1 aromatic carbocycles. The van der Waals surface area contributed by atoms with Crippen LogP contribution >= 0.6 is 0 Å². The van der Waals surface area contributed by atoms with Gasteiger partial charge in [0.25, 0.3) is 0 Å². The average Bonchev–Trinajstić information content (AvgIpc) is 2.97. The third-order valence-corrected chi connectivity index (χ3v) is 4.10. The molecule has 1 aromatic heterocycles. The van der Waals surface area contributed by atoms with Gasteiger partial charge in [0.05, 0.1) is 6.54 Å². The van der Waals surface area contributed by atoms with Gasteiger partial charge in [0.15, 0.2) is 0 Å². The average molecular weight is 287 g/mol. The Morgan fingerprint density at radius 1 is 1.24 bits per heavy atom. The van der Waals surface area contributed by atoms with Gasteiger partial charge < -0.3 is 9.63 Å². The highest BCUT2D eigenvalue weighted by molar-refractivity contribution is 5.54. The van der Waals surface area contributed by atoms with Crippen LogP contribution in [0.25, 0.3) is 11.4 Å². The largest absolute Gasteiger partial charge is 0.396 e. The van der Waals surface area contributed by atoms with E-state index < -0.39 is 0 Å². The van der Waals surface area contributed by atoms with Crippen LogP contribution in [-0.2, 0) is 6.54 Å². The van der Waals surface area contributed by atoms with E-state index in [0.29, 0.717) is 30.8 Å². The lowest BCUT2D eigenvalue weighted by Crippen LogP contribution is -2.34. The fourth-order valence-corrected chi connectivity index (χ4v) is 2.66. The summed E-state index contributed by atoms with van der Waals surface area (Å²) in [6.45, 7) is 5.01. The van der Waals surface area contributed by atoms with Crippen LogP contribution in [0.3, 0.4) is 0 Å². The third kappa shape index (κ3) is 3.49. The lowest BCUT2D eigenvalue weighted by Gasteiger charge is -2.29. The smallest absolute Gasteiger partial charge is 0.241 e. The van der Waals surface area contributed by atoms with Gasteiger partial charge in [-0.05, 0) is 38.8 Å². The van der Waals surface area contributed by atoms with E-state index in [0.717, 1.165) is 31.5 Å². The second-order valence-corrected chi connectivity index (χ2v) is 5.78. The maximum absolute atomic E-state index is 9.16. The molecule has 1 N–H and O–H groups in total. The first-order chi connectivity index (χ1) is 10.2. The predicted octanol–water partition coefficient (Wildman–Crippen LogP) is 2.25. The quantitative estimate of drug-likeness (QED) is 0.934. The number of aromatic nitrogens is 2. The zero-order valence-corrected chi connectivity index (χ0v) is 12.3. The minimum absolute atomic E-state index is 0.298. The summed E-state index contributed by atoms with van der Waals surface area (Å²) in [5, 5.41) is 13.2. The number of aliphatic hydroxyl groups is 1. The first-order valence-corrected chi connectivity index (χ1v) is 7.47. The van der Waals surface area contributed by atoms with E-state index in [4.69, 9.17) is 9.63 Å². The summed E-state index contributed by atoms with van der Waals surface area (Å²) in [5.41, 5.74) is 2.20. The zero-order valence-electron chi connectivity index (χ0n) is 12.3. The van der Waals surface area contributed by atoms with Crippen molar-refractivity contribution in [2.75, 3.05) is 19.7 Å². The van der Waals surface area contributed by atoms with Gasteiger partial charge in [-0.3, -0.25) is 4.90 Å². The molecule has 0 amide bonds. The van der Waals surface area contributed by atoms with Crippen molar-refractivity contribution < 1.29 is 9.63 Å². The van der Waals surface area contributed by atoms with Crippen LogP contribution in [0.15, 0.2) is 28.8 Å². The van der Waals surface area contributed by atoms with Crippen LogP contribution < -0.4 is 0 Å². The summed E-state index contributed by atoms with van der Waals surface area (Å²) in [4.78, 5) is 6.78. The molecule has 1 saturated heterocycles. The van der Waals surface area contributed by atoms with Gasteiger partial charge in [0, 0.05) is 12.2 Å². The Bertz CT molecular complexity index is 571. The van der Waals surface area contributed by atoms with Crippen molar-refractivity contribution in [1.82, 2.24) is 15.0 Å². The third-order valence-electron chi connectivity index (χ3n) is 4.10. The number of hydrogen-bond donors (Lipinski definition) is 1. The lowest BCUT2D eigenvalue weighted by atomic mass is 9.98. The monoisotopic (exact) mass is 287 g/mol. The van der Waals surface area contributed by atoms with E-state index in [9.17, 15) is 0 Å². The normalized spacial score (nSPS) is 17.2. The number of aliphatic hydroxyl groups excluding tert-OH is 1. The maximum Gasteiger partial charge on any atom is 0.241 e. The van der Waals surface area contributed by atoms with Gasteiger partial charge in [0.2, 0.25) is 11.7 Å². The van der Waals surface area contributed by atoms with Gasteiger partial charge in [-0.1, -0.05) is 35.0 Å². The number of nitrogens with zero attached hydrogens (tertiary/aromatic N) is 3. The first-order valence-electron chi connectivity index (χ1n) is 7.47. The summed E-state index contributed by atoms with van der Waals surface area (Å²) in [5.74, 6) is 1.76. The van der Waals surface area contributed by atoms with Crippen molar-refractivity contribution in [3.05, 3.63) is 35.7 Å². The summed E-state index contributed by atoms with van der Waals surface area (Å²) in [6, 6.07) is 8.11. The fraction of sp³-hybridized carbons (Fsp3) is 0.500. The Morgan fingerprint density at radius 2 is 1.95 bits per heavy atom. The molecule has 0 saturated carbocycles. The van der Waals surface area contributed by atoms with Crippen molar-refractivity contribution in [1.29, 1.82) is 0 Å². The Kier molecular flexibility index (Phi) is 4.31. The molecule has 0 aliphatic carbocycles. The molecule has 1 aliphatic rings. The molecule has 1 fully saturated rings. The zero-order chi connectivity index (χ0) is 14.7. The molecule has 0 atom stereocenters. The Morgan fingerprint density at radius 3 is 2.62 bits per heavy atom. The summed E-state index contributed by atoms with van der Waals surface area (Å²) < 4.78 is 5.35. The van der Waals surface area contributed by atoms with Gasteiger partial charge in [-0.2, -0.15) is 4.98 Å². The standard InChI is InChI=1S/C16H21N3O2/c1-12-2-4-14(5-3-12)16-17-15(21-18-16)10-19-8-6-13(11-20)7-9-19/h2-5,13,20H,6-11H2,1H3. The Hall–Kier alpha value is -1.72. The minimum atomic E-state index is 0.298. The van der Waals surface area contributed by atoms with Crippen LogP contribution in [0.2, 0.25) is 0 Å². The van der Waals surface area contributed by atoms with E-state index in [1.54, 1.807) is 0 Å². The molecule has 2 aromatic rings. The van der Waals surface area contributed by atoms with Crippen LogP contribution in [0.5, 0.6) is 0 Å². The Balaban J connectivity index is 1.62. The highest BCUT2D eigenvalue weighted by Crippen LogP contribution is 2.20. The number of piperidine rings is 1. The van der Waals surface area contributed by atoms with Crippen molar-refractivity contribution in [3.8, 4) is 11.4 Å². The minimum Gasteiger partial charge on any atom is -0.396 e. The number of hydrogen-bond acceptors (Lipinski definition) is 5. The summed E-state index contributed by atoms with van der Waals surface area (Å²) in [7, 11) is 0. The molecule has 3 rings (SSSR count). The van der Waals surface area contributed by atoms with E-state index in [2.05, 4.69) is 22.0 Å². The highest BCUT2D eigenvalue weighted by Gasteiger charge is 2.20. The second-order valence-electron chi connectivity index (χ2n) is 5.78. The number of rotatable bonds is 4. The number of aryl methyl sites for hydroxylation is 1. The van der Waals surface area contributed by atoms with E-state index in [1.165, 1.54) is 5.56 Å². The molecular formula is C16H21N3O2. The SMILES string of the molecule is Cc1ccc(-c2noc(CN3CCC(CO)CC3)n2)cc1. The lowest BCUT2D eigenvalue weighted by molar-refractivity contribution is 0.119. The van der Waals surface area contributed by atoms with Crippen molar-refractivity contribution >= 4 is 0 Å². The molecule has 5 nitrogen and oxygen atoms in total. The summed E-state index contributed by atoms with van der Waals surface area (Å²) in [6.07, 6.45) is 2.07. The molecule has 1 aliphatic heterocycles. The van der Waals surface area contributed by atoms with Crippen molar-refractivity contribution in [2.24, 2.45) is 5.92 Å². The predicted molar refractivity (Wildman–Crippen MR) is 79.6 cm³/mol.